The summed E-state index contributed by atoms with van der Waals surface area (Å²) in [6.45, 7) is 12.7. The van der Waals surface area contributed by atoms with E-state index in [1.165, 1.54) is 12.1 Å². The van der Waals surface area contributed by atoms with Gasteiger partial charge in [0.15, 0.2) is 12.4 Å². The Morgan fingerprint density at radius 1 is 1.16 bits per heavy atom. The van der Waals surface area contributed by atoms with Crippen LogP contribution in [0, 0.1) is 40.9 Å². The number of benzene rings is 1. The van der Waals surface area contributed by atoms with Crippen molar-refractivity contribution >= 4 is 21.9 Å². The smallest absolute Gasteiger partial charge is 0.333 e. The van der Waals surface area contributed by atoms with Gasteiger partial charge in [-0.1, -0.05) is 51.5 Å². The topological polar surface area (TPSA) is 127 Å². The van der Waals surface area contributed by atoms with E-state index < -0.39 is 63.2 Å². The lowest BCUT2D eigenvalue weighted by atomic mass is 9.44. The van der Waals surface area contributed by atoms with Crippen LogP contribution in [0.4, 0.5) is 0 Å². The number of aryl methyl sites for hydroxylation is 1. The molecule has 3 saturated carbocycles. The first kappa shape index (κ1) is 28.9. The molecule has 0 spiro atoms. The molecule has 0 saturated heterocycles. The van der Waals surface area contributed by atoms with Gasteiger partial charge in [0.2, 0.25) is 0 Å². The van der Waals surface area contributed by atoms with Crippen molar-refractivity contribution in [1.29, 1.82) is 0 Å². The third kappa shape index (κ3) is 4.45. The fourth-order valence-electron chi connectivity index (χ4n) is 7.58. The molecule has 38 heavy (non-hydrogen) atoms. The van der Waals surface area contributed by atoms with E-state index in [-0.39, 0.29) is 35.4 Å². The standard InChI is InChI=1S/C29H40O8S/c1-7-27(5)15-22(37-23(31)16-36-38(34,35)20-10-8-17(2)9-11-20)28(6)18(3)12-13-29(19(4)26(27)33)14-21(30)24(32)25(28)29/h7-11,18-19,21-22,25-26,30,33H,1,12-16H2,2-6H3/t18-,19+,21+,22-,25+,26+,27-,28+,29+/m1/s1. The SMILES string of the molecule is C=C[C@]1(C)C[C@@H](OC(=O)COS(=O)(=O)c2ccc(C)cc2)[C@]2(C)[C@H](C)CC[C@]3(C[C@H](O)C(=O)[C@H]32)[C@@H](C)[C@@H]1O. The molecular weight excluding hydrogens is 508 g/mol. The number of Topliss-reactive ketones (excluding diaryl/α,β-unsaturated/α-hetero) is 1. The predicted molar refractivity (Wildman–Crippen MR) is 140 cm³/mol. The average molecular weight is 549 g/mol. The fourth-order valence-corrected chi connectivity index (χ4v) is 8.43. The van der Waals surface area contributed by atoms with Crippen LogP contribution >= 0.6 is 0 Å². The highest BCUT2D eigenvalue weighted by Crippen LogP contribution is 2.68. The second-order valence-corrected chi connectivity index (χ2v) is 13.9. The highest BCUT2D eigenvalue weighted by Gasteiger charge is 2.70. The van der Waals surface area contributed by atoms with Gasteiger partial charge in [0, 0.05) is 16.7 Å². The summed E-state index contributed by atoms with van der Waals surface area (Å²) in [6.07, 6.45) is 0.631. The molecule has 2 bridgehead atoms. The lowest BCUT2D eigenvalue weighted by Gasteiger charge is -2.61. The van der Waals surface area contributed by atoms with E-state index >= 15 is 0 Å². The molecule has 1 aromatic rings. The van der Waals surface area contributed by atoms with Crippen LogP contribution in [0.2, 0.25) is 0 Å². The van der Waals surface area contributed by atoms with Crippen LogP contribution in [0.25, 0.3) is 0 Å². The molecule has 2 N–H and O–H groups in total. The Morgan fingerprint density at radius 2 is 1.79 bits per heavy atom. The largest absolute Gasteiger partial charge is 0.460 e. The summed E-state index contributed by atoms with van der Waals surface area (Å²) in [5.41, 5.74) is -1.48. The van der Waals surface area contributed by atoms with Gasteiger partial charge in [-0.05, 0) is 62.0 Å². The molecule has 0 aromatic heterocycles. The summed E-state index contributed by atoms with van der Waals surface area (Å²) in [5, 5.41) is 22.3. The van der Waals surface area contributed by atoms with Crippen LogP contribution in [0.5, 0.6) is 0 Å². The van der Waals surface area contributed by atoms with Crippen molar-refractivity contribution < 1.29 is 37.1 Å². The number of aliphatic hydroxyl groups is 2. The molecule has 3 aliphatic rings. The lowest BCUT2D eigenvalue weighted by Crippen LogP contribution is -2.63. The maximum atomic E-state index is 13.5. The summed E-state index contributed by atoms with van der Waals surface area (Å²) in [5.74, 6) is -2.12. The zero-order chi connectivity index (χ0) is 28.3. The van der Waals surface area contributed by atoms with Crippen molar-refractivity contribution in [3.63, 3.8) is 0 Å². The van der Waals surface area contributed by atoms with Gasteiger partial charge in [-0.15, -0.1) is 6.58 Å². The molecule has 0 radical (unpaired) electrons. The Bertz CT molecular complexity index is 1210. The molecule has 3 fully saturated rings. The van der Waals surface area contributed by atoms with Crippen LogP contribution in [0.1, 0.15) is 58.9 Å². The molecule has 210 valence electrons. The van der Waals surface area contributed by atoms with Gasteiger partial charge in [0.1, 0.15) is 12.2 Å². The van der Waals surface area contributed by atoms with Gasteiger partial charge in [-0.2, -0.15) is 8.42 Å². The second-order valence-electron chi connectivity index (χ2n) is 12.2. The summed E-state index contributed by atoms with van der Waals surface area (Å²) < 4.78 is 36.3. The fraction of sp³-hybridized carbons (Fsp3) is 0.655. The number of carbonyl (C=O) groups is 2. The molecule has 0 aliphatic heterocycles. The Hall–Kier alpha value is -2.07. The highest BCUT2D eigenvalue weighted by molar-refractivity contribution is 7.86. The Labute approximate surface area is 225 Å². The van der Waals surface area contributed by atoms with Gasteiger partial charge >= 0.3 is 5.97 Å². The quantitative estimate of drug-likeness (QED) is 0.314. The molecule has 0 heterocycles. The summed E-state index contributed by atoms with van der Waals surface area (Å²) >= 11 is 0. The molecule has 4 rings (SSSR count). The van der Waals surface area contributed by atoms with E-state index in [1.54, 1.807) is 18.2 Å². The maximum absolute atomic E-state index is 13.5. The predicted octanol–water partition coefficient (Wildman–Crippen LogP) is 3.58. The second kappa shape index (κ2) is 9.84. The van der Waals surface area contributed by atoms with E-state index in [1.807, 2.05) is 34.6 Å². The number of carbonyl (C=O) groups excluding carboxylic acids is 2. The molecule has 8 nitrogen and oxygen atoms in total. The van der Waals surface area contributed by atoms with E-state index in [0.29, 0.717) is 6.42 Å². The van der Waals surface area contributed by atoms with Crippen molar-refractivity contribution in [2.75, 3.05) is 6.61 Å². The average Bonchev–Trinajstić information content (AvgIpc) is 3.14. The first-order chi connectivity index (χ1) is 17.6. The molecule has 9 heteroatoms. The van der Waals surface area contributed by atoms with Gasteiger partial charge < -0.3 is 14.9 Å². The number of hydrogen-bond acceptors (Lipinski definition) is 8. The number of rotatable bonds is 6. The van der Waals surface area contributed by atoms with E-state index in [2.05, 4.69) is 6.58 Å². The summed E-state index contributed by atoms with van der Waals surface area (Å²) in [4.78, 5) is 26.6. The van der Waals surface area contributed by atoms with Gasteiger partial charge in [-0.3, -0.25) is 8.98 Å². The van der Waals surface area contributed by atoms with E-state index in [4.69, 9.17) is 8.92 Å². The normalized spacial score (nSPS) is 41.1. The molecule has 1 aromatic carbocycles. The lowest BCUT2D eigenvalue weighted by molar-refractivity contribution is -0.207. The number of esters is 1. The number of aliphatic hydroxyl groups excluding tert-OH is 2. The molecule has 9 atom stereocenters. The molecule has 0 unspecified atom stereocenters. The minimum absolute atomic E-state index is 0.0404. The third-order valence-electron chi connectivity index (χ3n) is 10.2. The number of ether oxygens (including phenoxy) is 1. The zero-order valence-corrected chi connectivity index (χ0v) is 23.7. The van der Waals surface area contributed by atoms with Crippen LogP contribution in [0.3, 0.4) is 0 Å². The van der Waals surface area contributed by atoms with Crippen molar-refractivity contribution in [2.24, 2.45) is 34.0 Å². The van der Waals surface area contributed by atoms with Crippen molar-refractivity contribution in [3.05, 3.63) is 42.5 Å². The first-order valence-electron chi connectivity index (χ1n) is 13.3. The van der Waals surface area contributed by atoms with Gasteiger partial charge in [0.05, 0.1) is 11.0 Å². The first-order valence-corrected chi connectivity index (χ1v) is 14.7. The third-order valence-corrected chi connectivity index (χ3v) is 11.5. The highest BCUT2D eigenvalue weighted by atomic mass is 32.2. The van der Waals surface area contributed by atoms with Crippen LogP contribution in [-0.2, 0) is 28.6 Å². The van der Waals surface area contributed by atoms with Crippen LogP contribution in [-0.4, -0.2) is 55.3 Å². The minimum Gasteiger partial charge on any atom is -0.460 e. The molecular formula is C29H40O8S. The van der Waals surface area contributed by atoms with Crippen molar-refractivity contribution in [2.45, 2.75) is 83.5 Å². The van der Waals surface area contributed by atoms with Crippen molar-refractivity contribution in [3.8, 4) is 0 Å². The zero-order valence-electron chi connectivity index (χ0n) is 22.8. The molecule has 0 amide bonds. The van der Waals surface area contributed by atoms with Gasteiger partial charge in [-0.25, -0.2) is 4.79 Å². The monoisotopic (exact) mass is 548 g/mol. The Balaban J connectivity index is 1.68. The minimum atomic E-state index is -4.19. The van der Waals surface area contributed by atoms with Crippen molar-refractivity contribution in [1.82, 2.24) is 0 Å². The van der Waals surface area contributed by atoms with E-state index in [0.717, 1.165) is 12.0 Å². The van der Waals surface area contributed by atoms with E-state index in [9.17, 15) is 28.2 Å². The van der Waals surface area contributed by atoms with Crippen LogP contribution in [0.15, 0.2) is 41.8 Å². The number of ketones is 1. The maximum Gasteiger partial charge on any atom is 0.333 e. The molecule has 3 aliphatic carbocycles. The summed E-state index contributed by atoms with van der Waals surface area (Å²) in [7, 11) is -4.19. The summed E-state index contributed by atoms with van der Waals surface area (Å²) in [6, 6.07) is 6.08. The number of hydrogen-bond donors (Lipinski definition) is 2. The van der Waals surface area contributed by atoms with Crippen LogP contribution < -0.4 is 0 Å². The Morgan fingerprint density at radius 3 is 2.39 bits per heavy atom. The van der Waals surface area contributed by atoms with Gasteiger partial charge in [0.25, 0.3) is 10.1 Å². The Kier molecular flexibility index (Phi) is 7.49.